The van der Waals surface area contributed by atoms with Gasteiger partial charge in [0.1, 0.15) is 18.3 Å². The van der Waals surface area contributed by atoms with E-state index in [9.17, 15) is 18.0 Å². The van der Waals surface area contributed by atoms with Crippen molar-refractivity contribution < 1.29 is 22.7 Å². The molecule has 0 saturated heterocycles. The van der Waals surface area contributed by atoms with Crippen LogP contribution in [-0.4, -0.2) is 57.6 Å². The van der Waals surface area contributed by atoms with E-state index in [1.54, 1.807) is 69.5 Å². The zero-order valence-electron chi connectivity index (χ0n) is 18.5. The predicted octanol–water partition coefficient (Wildman–Crippen LogP) is 2.78. The molecule has 32 heavy (non-hydrogen) atoms. The second-order valence-electron chi connectivity index (χ2n) is 7.19. The van der Waals surface area contributed by atoms with Gasteiger partial charge in [-0.05, 0) is 55.8 Å². The van der Waals surface area contributed by atoms with Crippen LogP contribution in [0, 0.1) is 0 Å². The number of nitrogens with zero attached hydrogens (tertiary/aromatic N) is 2. The third-order valence-electron chi connectivity index (χ3n) is 4.82. The summed E-state index contributed by atoms with van der Waals surface area (Å²) in [5.41, 5.74) is 1.14. The van der Waals surface area contributed by atoms with E-state index in [1.807, 2.05) is 0 Å². The Kier molecular flexibility index (Phi) is 9.09. The third kappa shape index (κ3) is 6.96. The van der Waals surface area contributed by atoms with Crippen molar-refractivity contribution in [2.45, 2.75) is 26.4 Å². The molecule has 0 heterocycles. The average molecular weight is 526 g/mol. The number of ether oxygens (including phenoxy) is 1. The molecule has 2 aromatic rings. The van der Waals surface area contributed by atoms with E-state index in [0.29, 0.717) is 18.0 Å². The fourth-order valence-electron chi connectivity index (χ4n) is 3.05. The van der Waals surface area contributed by atoms with E-state index in [4.69, 9.17) is 4.74 Å². The molecule has 174 valence electrons. The number of rotatable bonds is 10. The molecule has 2 rings (SSSR count). The quantitative estimate of drug-likeness (QED) is 0.514. The normalized spacial score (nSPS) is 12.0. The van der Waals surface area contributed by atoms with Gasteiger partial charge < -0.3 is 15.0 Å². The number of sulfonamides is 1. The molecule has 0 unspecified atom stereocenters. The number of anilines is 1. The lowest BCUT2D eigenvalue weighted by Crippen LogP contribution is -2.51. The van der Waals surface area contributed by atoms with Crippen LogP contribution in [0.3, 0.4) is 0 Å². The fraction of sp³-hybridized carbons (Fsp3) is 0.364. The van der Waals surface area contributed by atoms with Gasteiger partial charge in [-0.2, -0.15) is 0 Å². The van der Waals surface area contributed by atoms with Gasteiger partial charge in [0.05, 0.1) is 19.1 Å². The summed E-state index contributed by atoms with van der Waals surface area (Å²) in [4.78, 5) is 27.2. The molecule has 8 nitrogen and oxygen atoms in total. The zero-order valence-corrected chi connectivity index (χ0v) is 20.9. The average Bonchev–Trinajstić information content (AvgIpc) is 2.75. The van der Waals surface area contributed by atoms with Crippen molar-refractivity contribution in [3.63, 3.8) is 0 Å². The Morgan fingerprint density at radius 1 is 1.09 bits per heavy atom. The number of carbonyl (C=O) groups excluding carboxylic acids is 2. The van der Waals surface area contributed by atoms with Gasteiger partial charge in [-0.3, -0.25) is 13.9 Å². The topological polar surface area (TPSA) is 96.0 Å². The van der Waals surface area contributed by atoms with Crippen LogP contribution in [0.25, 0.3) is 0 Å². The number of halogens is 1. The van der Waals surface area contributed by atoms with Crippen molar-refractivity contribution in [1.29, 1.82) is 0 Å². The maximum atomic E-state index is 13.3. The van der Waals surface area contributed by atoms with Gasteiger partial charge in [-0.1, -0.05) is 28.1 Å². The van der Waals surface area contributed by atoms with Crippen LogP contribution in [0.5, 0.6) is 5.75 Å². The van der Waals surface area contributed by atoms with Gasteiger partial charge in [0, 0.05) is 17.6 Å². The van der Waals surface area contributed by atoms with Crippen LogP contribution in [0.15, 0.2) is 53.0 Å². The predicted molar refractivity (Wildman–Crippen MR) is 128 cm³/mol. The molecule has 0 aliphatic carbocycles. The lowest BCUT2D eigenvalue weighted by Gasteiger charge is -2.31. The molecule has 2 amide bonds. The van der Waals surface area contributed by atoms with Crippen LogP contribution in [-0.2, 0) is 26.2 Å². The minimum Gasteiger partial charge on any atom is -0.497 e. The van der Waals surface area contributed by atoms with E-state index in [2.05, 4.69) is 21.2 Å². The second kappa shape index (κ2) is 11.3. The highest BCUT2D eigenvalue weighted by Crippen LogP contribution is 2.22. The summed E-state index contributed by atoms with van der Waals surface area (Å²) in [6.45, 7) is 3.54. The van der Waals surface area contributed by atoms with Gasteiger partial charge in [0.25, 0.3) is 0 Å². The number of benzene rings is 2. The zero-order chi connectivity index (χ0) is 23.9. The first kappa shape index (κ1) is 25.7. The van der Waals surface area contributed by atoms with Crippen molar-refractivity contribution in [3.8, 4) is 5.75 Å². The van der Waals surface area contributed by atoms with Crippen molar-refractivity contribution in [1.82, 2.24) is 10.2 Å². The van der Waals surface area contributed by atoms with Crippen molar-refractivity contribution in [2.75, 3.05) is 30.8 Å². The SMILES string of the molecule is CCNC(=O)[C@@H](C)N(Cc1ccc(OC)cc1)C(=O)CN(c1ccc(Br)cc1)S(C)(=O)=O. The molecule has 2 aromatic carbocycles. The Morgan fingerprint density at radius 3 is 2.19 bits per heavy atom. The van der Waals surface area contributed by atoms with Crippen molar-refractivity contribution in [2.24, 2.45) is 0 Å². The Labute approximate surface area is 197 Å². The Bertz CT molecular complexity index is 1030. The Balaban J connectivity index is 2.35. The summed E-state index contributed by atoms with van der Waals surface area (Å²) >= 11 is 3.32. The van der Waals surface area contributed by atoms with Crippen molar-refractivity contribution >= 4 is 43.5 Å². The molecule has 0 radical (unpaired) electrons. The molecule has 0 fully saturated rings. The number of carbonyl (C=O) groups is 2. The van der Waals surface area contributed by atoms with Gasteiger partial charge in [0.15, 0.2) is 0 Å². The van der Waals surface area contributed by atoms with Gasteiger partial charge >= 0.3 is 0 Å². The molecular weight excluding hydrogens is 498 g/mol. The molecule has 10 heteroatoms. The molecule has 0 bridgehead atoms. The molecule has 1 N–H and O–H groups in total. The largest absolute Gasteiger partial charge is 0.497 e. The molecule has 0 saturated carbocycles. The van der Waals surface area contributed by atoms with E-state index in [0.717, 1.165) is 20.6 Å². The molecule has 0 aliphatic heterocycles. The van der Waals surface area contributed by atoms with Crippen LogP contribution in [0.4, 0.5) is 5.69 Å². The van der Waals surface area contributed by atoms with E-state index in [1.165, 1.54) is 4.90 Å². The smallest absolute Gasteiger partial charge is 0.244 e. The maximum absolute atomic E-state index is 13.3. The number of nitrogens with one attached hydrogen (secondary N) is 1. The second-order valence-corrected chi connectivity index (χ2v) is 10.0. The summed E-state index contributed by atoms with van der Waals surface area (Å²) in [5, 5.41) is 2.72. The summed E-state index contributed by atoms with van der Waals surface area (Å²) in [7, 11) is -2.18. The number of hydrogen-bond donors (Lipinski definition) is 1. The first-order valence-corrected chi connectivity index (χ1v) is 12.6. The van der Waals surface area contributed by atoms with E-state index < -0.39 is 28.5 Å². The van der Waals surface area contributed by atoms with Crippen LogP contribution in [0.2, 0.25) is 0 Å². The molecular formula is C22H28BrN3O5S. The fourth-order valence-corrected chi connectivity index (χ4v) is 4.17. The first-order valence-electron chi connectivity index (χ1n) is 10.00. The summed E-state index contributed by atoms with van der Waals surface area (Å²) < 4.78 is 31.9. The maximum Gasteiger partial charge on any atom is 0.244 e. The lowest BCUT2D eigenvalue weighted by atomic mass is 10.1. The molecule has 1 atom stereocenters. The monoisotopic (exact) mass is 525 g/mol. The number of hydrogen-bond acceptors (Lipinski definition) is 5. The van der Waals surface area contributed by atoms with Crippen LogP contribution < -0.4 is 14.4 Å². The van der Waals surface area contributed by atoms with Crippen LogP contribution in [0.1, 0.15) is 19.4 Å². The number of methoxy groups -OCH3 is 1. The minimum absolute atomic E-state index is 0.138. The van der Waals surface area contributed by atoms with Crippen molar-refractivity contribution in [3.05, 3.63) is 58.6 Å². The minimum atomic E-state index is -3.74. The molecule has 0 aliphatic rings. The lowest BCUT2D eigenvalue weighted by molar-refractivity contribution is -0.139. The Morgan fingerprint density at radius 2 is 1.69 bits per heavy atom. The summed E-state index contributed by atoms with van der Waals surface area (Å²) in [6, 6.07) is 12.9. The van der Waals surface area contributed by atoms with Gasteiger partial charge in [0.2, 0.25) is 21.8 Å². The highest BCUT2D eigenvalue weighted by atomic mass is 79.9. The summed E-state index contributed by atoms with van der Waals surface area (Å²) in [6.07, 6.45) is 1.04. The third-order valence-corrected chi connectivity index (χ3v) is 6.49. The van der Waals surface area contributed by atoms with Crippen LogP contribution >= 0.6 is 15.9 Å². The highest BCUT2D eigenvalue weighted by molar-refractivity contribution is 9.10. The van der Waals surface area contributed by atoms with Gasteiger partial charge in [-0.15, -0.1) is 0 Å². The number of likely N-dealkylation sites (N-methyl/N-ethyl adjacent to an activating group) is 1. The molecule has 0 spiro atoms. The first-order chi connectivity index (χ1) is 15.1. The van der Waals surface area contributed by atoms with Gasteiger partial charge in [-0.25, -0.2) is 8.42 Å². The van der Waals surface area contributed by atoms with E-state index >= 15 is 0 Å². The highest BCUT2D eigenvalue weighted by Gasteiger charge is 2.29. The van der Waals surface area contributed by atoms with E-state index in [-0.39, 0.29) is 12.5 Å². The Hall–Kier alpha value is -2.59. The molecule has 0 aromatic heterocycles. The summed E-state index contributed by atoms with van der Waals surface area (Å²) in [5.74, 6) is -0.140. The standard InChI is InChI=1S/C22H28BrN3O5S/c1-5-24-22(28)16(2)25(14-17-6-12-20(31-3)13-7-17)21(27)15-26(32(4,29)30)19-10-8-18(23)9-11-19/h6-13,16H,5,14-15H2,1-4H3,(H,24,28)/t16-/m1/s1. The number of amides is 2.